The highest BCUT2D eigenvalue weighted by atomic mass is 16.5. The van der Waals surface area contributed by atoms with Gasteiger partial charge in [-0.2, -0.15) is 0 Å². The number of ether oxygens (including phenoxy) is 1. The molecular weight excluding hydrogens is 236 g/mol. The molecule has 1 heterocycles. The highest BCUT2D eigenvalue weighted by Crippen LogP contribution is 2.18. The predicted octanol–water partition coefficient (Wildman–Crippen LogP) is 1.11. The Morgan fingerprint density at radius 1 is 1.33 bits per heavy atom. The number of hydrogen-bond donors (Lipinski definition) is 3. The molecule has 1 saturated heterocycles. The number of aliphatic carboxylic acids is 1. The van der Waals surface area contributed by atoms with Crippen LogP contribution in [-0.2, 0) is 9.53 Å². The number of carbonyl (C=O) groups is 2. The molecule has 0 bridgehead atoms. The number of carbonyl (C=O) groups excluding carboxylic acids is 1. The van der Waals surface area contributed by atoms with Crippen molar-refractivity contribution in [1.82, 2.24) is 10.6 Å². The van der Waals surface area contributed by atoms with E-state index in [2.05, 4.69) is 17.6 Å². The van der Waals surface area contributed by atoms with E-state index in [9.17, 15) is 9.59 Å². The van der Waals surface area contributed by atoms with E-state index in [1.807, 2.05) is 0 Å². The lowest BCUT2D eigenvalue weighted by atomic mass is 9.99. The lowest BCUT2D eigenvalue weighted by Gasteiger charge is -2.23. The van der Waals surface area contributed by atoms with E-state index in [1.165, 1.54) is 0 Å². The topological polar surface area (TPSA) is 87.7 Å². The first-order chi connectivity index (χ1) is 8.60. The molecule has 3 N–H and O–H groups in total. The summed E-state index contributed by atoms with van der Waals surface area (Å²) in [6, 6.07) is -0.431. The maximum Gasteiger partial charge on any atom is 0.332 e. The molecule has 1 rings (SSSR count). The monoisotopic (exact) mass is 258 g/mol. The van der Waals surface area contributed by atoms with Gasteiger partial charge in [-0.3, -0.25) is 0 Å². The molecule has 1 unspecified atom stereocenters. The fourth-order valence-electron chi connectivity index (χ4n) is 1.90. The summed E-state index contributed by atoms with van der Waals surface area (Å²) in [5.74, 6) is -1.04. The molecule has 0 aliphatic carbocycles. The Bertz CT molecular complexity index is 288. The van der Waals surface area contributed by atoms with Crippen LogP contribution in [0.4, 0.5) is 4.79 Å². The summed E-state index contributed by atoms with van der Waals surface area (Å²) >= 11 is 0. The maximum absolute atomic E-state index is 11.6. The fourth-order valence-corrected chi connectivity index (χ4v) is 1.90. The molecule has 1 aliphatic heterocycles. The van der Waals surface area contributed by atoms with E-state index in [0.717, 1.165) is 25.7 Å². The maximum atomic E-state index is 11.6. The minimum Gasteiger partial charge on any atom is -0.479 e. The average molecular weight is 258 g/mol. The Labute approximate surface area is 107 Å². The number of hydrogen-bond acceptors (Lipinski definition) is 3. The summed E-state index contributed by atoms with van der Waals surface area (Å²) in [4.78, 5) is 22.8. The Morgan fingerprint density at radius 2 is 2.11 bits per heavy atom. The second-order valence-corrected chi connectivity index (χ2v) is 4.63. The Hall–Kier alpha value is -1.30. The Balaban J connectivity index is 2.27. The first-order valence-electron chi connectivity index (χ1n) is 6.48. The van der Waals surface area contributed by atoms with Crippen LogP contribution in [0, 0.1) is 0 Å². The summed E-state index contributed by atoms with van der Waals surface area (Å²) < 4.78 is 5.06. The summed E-state index contributed by atoms with van der Waals surface area (Å²) in [6.45, 7) is 3.09. The van der Waals surface area contributed by atoms with Crippen LogP contribution >= 0.6 is 0 Å². The lowest BCUT2D eigenvalue weighted by molar-refractivity contribution is -0.144. The van der Waals surface area contributed by atoms with Crippen molar-refractivity contribution in [2.45, 2.75) is 44.6 Å². The molecule has 0 radical (unpaired) electrons. The smallest absolute Gasteiger partial charge is 0.332 e. The van der Waals surface area contributed by atoms with Crippen LogP contribution in [-0.4, -0.2) is 42.4 Å². The number of carboxylic acid groups (broad SMARTS) is 1. The third-order valence-electron chi connectivity index (χ3n) is 3.10. The van der Waals surface area contributed by atoms with Crippen LogP contribution in [0.5, 0.6) is 0 Å². The number of nitrogens with one attached hydrogen (secondary N) is 2. The SMILES string of the molecule is CCCCCCNC(=O)NC1(C(=O)O)CCOC1. The van der Waals surface area contributed by atoms with Gasteiger partial charge in [-0.1, -0.05) is 26.2 Å². The van der Waals surface area contributed by atoms with E-state index < -0.39 is 17.5 Å². The Morgan fingerprint density at radius 3 is 2.67 bits per heavy atom. The molecule has 18 heavy (non-hydrogen) atoms. The van der Waals surface area contributed by atoms with Gasteiger partial charge in [0.1, 0.15) is 0 Å². The number of urea groups is 1. The molecule has 1 atom stereocenters. The van der Waals surface area contributed by atoms with Gasteiger partial charge in [0.25, 0.3) is 0 Å². The van der Waals surface area contributed by atoms with Crippen molar-refractivity contribution < 1.29 is 19.4 Å². The predicted molar refractivity (Wildman–Crippen MR) is 66.5 cm³/mol. The van der Waals surface area contributed by atoms with Gasteiger partial charge in [-0.05, 0) is 6.42 Å². The molecular formula is C12H22N2O4. The van der Waals surface area contributed by atoms with Gasteiger partial charge in [0.2, 0.25) is 0 Å². The first-order valence-corrected chi connectivity index (χ1v) is 6.48. The van der Waals surface area contributed by atoms with Gasteiger partial charge in [0, 0.05) is 19.6 Å². The second kappa shape index (κ2) is 7.20. The molecule has 1 aliphatic rings. The van der Waals surface area contributed by atoms with E-state index in [4.69, 9.17) is 9.84 Å². The van der Waals surface area contributed by atoms with Crippen LogP contribution in [0.15, 0.2) is 0 Å². The quantitative estimate of drug-likeness (QED) is 0.597. The van der Waals surface area contributed by atoms with E-state index in [1.54, 1.807) is 0 Å². The van der Waals surface area contributed by atoms with Crippen LogP contribution < -0.4 is 10.6 Å². The molecule has 6 heteroatoms. The van der Waals surface area contributed by atoms with Crippen molar-refractivity contribution in [1.29, 1.82) is 0 Å². The van der Waals surface area contributed by atoms with Crippen molar-refractivity contribution in [3.05, 3.63) is 0 Å². The van der Waals surface area contributed by atoms with E-state index in [-0.39, 0.29) is 6.61 Å². The number of rotatable bonds is 7. The highest BCUT2D eigenvalue weighted by Gasteiger charge is 2.43. The van der Waals surface area contributed by atoms with Crippen LogP contribution in [0.3, 0.4) is 0 Å². The summed E-state index contributed by atoms with van der Waals surface area (Å²) in [5.41, 5.74) is -1.26. The Kier molecular flexibility index (Phi) is 5.91. The third-order valence-corrected chi connectivity index (χ3v) is 3.10. The van der Waals surface area contributed by atoms with Crippen LogP contribution in [0.1, 0.15) is 39.0 Å². The normalized spacial score (nSPS) is 22.7. The van der Waals surface area contributed by atoms with Gasteiger partial charge in [0.15, 0.2) is 5.54 Å². The molecule has 6 nitrogen and oxygen atoms in total. The average Bonchev–Trinajstić information content (AvgIpc) is 2.78. The fraction of sp³-hybridized carbons (Fsp3) is 0.833. The minimum atomic E-state index is -1.26. The van der Waals surface area contributed by atoms with Gasteiger partial charge in [-0.25, -0.2) is 9.59 Å². The zero-order chi connectivity index (χ0) is 13.4. The molecule has 2 amide bonds. The summed E-state index contributed by atoms with van der Waals surface area (Å²) in [7, 11) is 0. The van der Waals surface area contributed by atoms with Gasteiger partial charge < -0.3 is 20.5 Å². The van der Waals surface area contributed by atoms with Crippen LogP contribution in [0.2, 0.25) is 0 Å². The van der Waals surface area contributed by atoms with Gasteiger partial charge in [-0.15, -0.1) is 0 Å². The summed E-state index contributed by atoms with van der Waals surface area (Å²) in [5, 5.41) is 14.3. The van der Waals surface area contributed by atoms with E-state index in [0.29, 0.717) is 19.6 Å². The summed E-state index contributed by atoms with van der Waals surface area (Å²) in [6.07, 6.45) is 4.59. The minimum absolute atomic E-state index is 0.0333. The number of amides is 2. The van der Waals surface area contributed by atoms with Crippen molar-refractivity contribution in [2.75, 3.05) is 19.8 Å². The molecule has 0 aromatic carbocycles. The second-order valence-electron chi connectivity index (χ2n) is 4.63. The highest BCUT2D eigenvalue weighted by molar-refractivity contribution is 5.86. The molecule has 1 fully saturated rings. The van der Waals surface area contributed by atoms with Crippen molar-refractivity contribution >= 4 is 12.0 Å². The van der Waals surface area contributed by atoms with Gasteiger partial charge in [0.05, 0.1) is 6.61 Å². The molecule has 0 saturated carbocycles. The van der Waals surface area contributed by atoms with E-state index >= 15 is 0 Å². The number of unbranched alkanes of at least 4 members (excludes halogenated alkanes) is 3. The first kappa shape index (κ1) is 14.8. The van der Waals surface area contributed by atoms with Crippen molar-refractivity contribution in [3.63, 3.8) is 0 Å². The zero-order valence-electron chi connectivity index (χ0n) is 10.8. The standard InChI is InChI=1S/C12H22N2O4/c1-2-3-4-5-7-13-11(17)14-12(10(15)16)6-8-18-9-12/h2-9H2,1H3,(H,15,16)(H2,13,14,17). The zero-order valence-corrected chi connectivity index (χ0v) is 10.8. The molecule has 104 valence electrons. The van der Waals surface area contributed by atoms with Crippen molar-refractivity contribution in [2.24, 2.45) is 0 Å². The molecule has 0 aromatic heterocycles. The molecule has 0 aromatic rings. The largest absolute Gasteiger partial charge is 0.479 e. The number of carboxylic acids is 1. The molecule has 0 spiro atoms. The lowest BCUT2D eigenvalue weighted by Crippen LogP contribution is -2.57. The third kappa shape index (κ3) is 4.18. The van der Waals surface area contributed by atoms with Crippen LogP contribution in [0.25, 0.3) is 0 Å². The van der Waals surface area contributed by atoms with Gasteiger partial charge >= 0.3 is 12.0 Å². The van der Waals surface area contributed by atoms with Crippen molar-refractivity contribution in [3.8, 4) is 0 Å².